The molecule has 0 aliphatic rings. The van der Waals surface area contributed by atoms with Gasteiger partial charge in [-0.3, -0.25) is 14.4 Å². The van der Waals surface area contributed by atoms with E-state index in [1.54, 1.807) is 0 Å². The van der Waals surface area contributed by atoms with E-state index in [2.05, 4.69) is 118 Å². The summed E-state index contributed by atoms with van der Waals surface area (Å²) < 4.78 is 16.9. The van der Waals surface area contributed by atoms with E-state index in [1.807, 2.05) is 0 Å². The zero-order valence-corrected chi connectivity index (χ0v) is 49.3. The number of hydrogen-bond donors (Lipinski definition) is 0. The van der Waals surface area contributed by atoms with Crippen LogP contribution in [0.3, 0.4) is 0 Å². The van der Waals surface area contributed by atoms with Gasteiger partial charge in [-0.25, -0.2) is 0 Å². The lowest BCUT2D eigenvalue weighted by Crippen LogP contribution is -2.30. The second-order valence-electron chi connectivity index (χ2n) is 20.9. The zero-order valence-electron chi connectivity index (χ0n) is 49.3. The minimum atomic E-state index is -0.791. The minimum Gasteiger partial charge on any atom is -0.462 e. The molecule has 0 aromatic rings. The predicted molar refractivity (Wildman–Crippen MR) is 325 cm³/mol. The molecule has 6 heteroatoms. The van der Waals surface area contributed by atoms with Gasteiger partial charge in [-0.05, 0) is 96.3 Å². The lowest BCUT2D eigenvalue weighted by atomic mass is 10.0. The average molecular weight is 1040 g/mol. The van der Waals surface area contributed by atoms with E-state index in [1.165, 1.54) is 141 Å². The Balaban J connectivity index is 4.35. The fraction of sp³-hybridized carbons (Fsp3) is 0.725. The molecule has 0 aliphatic carbocycles. The second kappa shape index (κ2) is 62.9. The summed E-state index contributed by atoms with van der Waals surface area (Å²) in [6, 6.07) is 0. The Morgan fingerprint density at radius 1 is 0.280 bits per heavy atom. The smallest absolute Gasteiger partial charge is 0.306 e. The molecule has 0 spiro atoms. The van der Waals surface area contributed by atoms with Crippen LogP contribution in [0.25, 0.3) is 0 Å². The van der Waals surface area contributed by atoms with Gasteiger partial charge in [0.1, 0.15) is 13.2 Å². The van der Waals surface area contributed by atoms with Crippen LogP contribution < -0.4 is 0 Å². The Hall–Kier alpha value is -3.67. The Morgan fingerprint density at radius 2 is 0.520 bits per heavy atom. The van der Waals surface area contributed by atoms with Crippen molar-refractivity contribution in [2.75, 3.05) is 13.2 Å². The highest BCUT2D eigenvalue weighted by Gasteiger charge is 2.19. The van der Waals surface area contributed by atoms with Crippen LogP contribution in [0.4, 0.5) is 0 Å². The fourth-order valence-corrected chi connectivity index (χ4v) is 8.90. The summed E-state index contributed by atoms with van der Waals surface area (Å²) in [7, 11) is 0. The number of ether oxygens (including phenoxy) is 3. The first kappa shape index (κ1) is 71.3. The third-order valence-electron chi connectivity index (χ3n) is 13.6. The first-order valence-electron chi connectivity index (χ1n) is 31.7. The summed E-state index contributed by atoms with van der Waals surface area (Å²) >= 11 is 0. The topological polar surface area (TPSA) is 78.9 Å². The Morgan fingerprint density at radius 3 is 0.813 bits per heavy atom. The minimum absolute atomic E-state index is 0.0852. The van der Waals surface area contributed by atoms with Crippen LogP contribution in [-0.2, 0) is 28.6 Å². The van der Waals surface area contributed by atoms with E-state index < -0.39 is 6.10 Å². The van der Waals surface area contributed by atoms with Crippen LogP contribution in [0.15, 0.2) is 97.2 Å². The number of carbonyl (C=O) groups excluding carboxylic acids is 3. The third-order valence-corrected chi connectivity index (χ3v) is 13.6. The molecular formula is C69H118O6. The van der Waals surface area contributed by atoms with Crippen molar-refractivity contribution in [3.63, 3.8) is 0 Å². The molecule has 6 nitrogen and oxygen atoms in total. The molecule has 0 aromatic carbocycles. The summed E-state index contributed by atoms with van der Waals surface area (Å²) in [5.74, 6) is -0.900. The van der Waals surface area contributed by atoms with Crippen molar-refractivity contribution in [1.29, 1.82) is 0 Å². The van der Waals surface area contributed by atoms with Crippen molar-refractivity contribution in [2.45, 2.75) is 309 Å². The Labute approximate surface area is 464 Å². The van der Waals surface area contributed by atoms with Gasteiger partial charge < -0.3 is 14.2 Å². The third kappa shape index (κ3) is 61.1. The van der Waals surface area contributed by atoms with Crippen molar-refractivity contribution in [1.82, 2.24) is 0 Å². The number of hydrogen-bond acceptors (Lipinski definition) is 6. The van der Waals surface area contributed by atoms with E-state index in [-0.39, 0.29) is 31.1 Å². The first-order chi connectivity index (χ1) is 37.0. The number of esters is 3. The zero-order chi connectivity index (χ0) is 54.3. The van der Waals surface area contributed by atoms with Crippen molar-refractivity contribution < 1.29 is 28.6 Å². The lowest BCUT2D eigenvalue weighted by Gasteiger charge is -2.18. The summed E-state index contributed by atoms with van der Waals surface area (Å²) in [5.41, 5.74) is 0. The molecule has 430 valence electrons. The largest absolute Gasteiger partial charge is 0.462 e. The van der Waals surface area contributed by atoms with Crippen molar-refractivity contribution >= 4 is 17.9 Å². The van der Waals surface area contributed by atoms with Crippen LogP contribution in [-0.4, -0.2) is 37.2 Å². The van der Waals surface area contributed by atoms with Gasteiger partial charge in [-0.15, -0.1) is 0 Å². The van der Waals surface area contributed by atoms with E-state index >= 15 is 0 Å². The molecule has 0 N–H and O–H groups in total. The molecule has 0 bridgehead atoms. The summed E-state index contributed by atoms with van der Waals surface area (Å²) in [5, 5.41) is 0. The van der Waals surface area contributed by atoms with Gasteiger partial charge in [0.15, 0.2) is 6.10 Å². The molecule has 0 saturated carbocycles. The molecular weight excluding hydrogens is 925 g/mol. The fourth-order valence-electron chi connectivity index (χ4n) is 8.90. The first-order valence-corrected chi connectivity index (χ1v) is 31.7. The molecule has 1 atom stereocenters. The van der Waals surface area contributed by atoms with Gasteiger partial charge in [0.2, 0.25) is 0 Å². The maximum Gasteiger partial charge on any atom is 0.306 e. The highest BCUT2D eigenvalue weighted by Crippen LogP contribution is 2.16. The van der Waals surface area contributed by atoms with Gasteiger partial charge in [0, 0.05) is 19.3 Å². The summed E-state index contributed by atoms with van der Waals surface area (Å²) in [4.78, 5) is 38.3. The molecule has 0 fully saturated rings. The van der Waals surface area contributed by atoms with Crippen molar-refractivity contribution in [3.05, 3.63) is 97.2 Å². The standard InChI is InChI=1S/C69H118O6/c1-4-7-10-13-16-19-22-25-28-30-31-32-33-34-35-36-37-39-41-44-47-50-53-56-59-62-68(71)74-65-66(64-73-67(70)61-58-55-52-49-46-43-40-27-24-21-18-15-12-9-6-3)75-69(72)63-60-57-54-51-48-45-42-38-29-26-23-20-17-14-11-8-5-2/h7-8,10-11,16-17,19-20,25-26,28-29,31-32,42,45,66H,4-6,9,12-15,18,21-24,27,30,33-41,43-44,46-65H2,1-3H3/b10-7-,11-8-,19-16-,20-17-,28-25-,29-26-,32-31-,45-42-. The number of unbranched alkanes of at least 4 members (excludes halogenated alkanes) is 30. The molecule has 0 saturated heterocycles. The van der Waals surface area contributed by atoms with Crippen LogP contribution in [0.5, 0.6) is 0 Å². The highest BCUT2D eigenvalue weighted by atomic mass is 16.6. The van der Waals surface area contributed by atoms with Gasteiger partial charge in [-0.2, -0.15) is 0 Å². The normalized spacial score (nSPS) is 12.7. The Kier molecular flexibility index (Phi) is 59.8. The Bertz CT molecular complexity index is 1480. The quantitative estimate of drug-likeness (QED) is 0.0261. The number of rotatable bonds is 57. The maximum absolute atomic E-state index is 12.9. The maximum atomic E-state index is 12.9. The van der Waals surface area contributed by atoms with Crippen molar-refractivity contribution in [3.8, 4) is 0 Å². The van der Waals surface area contributed by atoms with Crippen LogP contribution in [0.1, 0.15) is 303 Å². The molecule has 0 heterocycles. The molecule has 0 amide bonds. The highest BCUT2D eigenvalue weighted by molar-refractivity contribution is 5.71. The van der Waals surface area contributed by atoms with Gasteiger partial charge in [0.25, 0.3) is 0 Å². The second-order valence-corrected chi connectivity index (χ2v) is 20.9. The monoisotopic (exact) mass is 1040 g/mol. The van der Waals surface area contributed by atoms with Gasteiger partial charge in [0.05, 0.1) is 0 Å². The van der Waals surface area contributed by atoms with E-state index in [9.17, 15) is 14.4 Å². The van der Waals surface area contributed by atoms with Gasteiger partial charge >= 0.3 is 17.9 Å². The number of carbonyl (C=O) groups is 3. The predicted octanol–water partition coefficient (Wildman–Crippen LogP) is 21.7. The number of allylic oxidation sites excluding steroid dienone is 16. The van der Waals surface area contributed by atoms with Crippen molar-refractivity contribution in [2.24, 2.45) is 0 Å². The van der Waals surface area contributed by atoms with Gasteiger partial charge in [-0.1, -0.05) is 285 Å². The SMILES string of the molecule is CC/C=C\C/C=C\C/C=C\C/C=C\CCCCCCCCCCCCCCC(=O)OCC(COC(=O)CCCCCCCCCCCCCCCCC)OC(=O)CCCCCC/C=C\C/C=C\C/C=C\C/C=C\CC. The molecule has 0 aromatic heterocycles. The molecule has 0 radical (unpaired) electrons. The molecule has 1 unspecified atom stereocenters. The summed E-state index contributed by atoms with van der Waals surface area (Å²) in [6.45, 7) is 6.42. The molecule has 0 rings (SSSR count). The molecule has 0 aliphatic heterocycles. The van der Waals surface area contributed by atoms with E-state index in [0.717, 1.165) is 122 Å². The average Bonchev–Trinajstić information content (AvgIpc) is 3.41. The molecule has 75 heavy (non-hydrogen) atoms. The van der Waals surface area contributed by atoms with E-state index in [0.29, 0.717) is 19.3 Å². The van der Waals surface area contributed by atoms with E-state index in [4.69, 9.17) is 14.2 Å². The van der Waals surface area contributed by atoms with Crippen LogP contribution in [0, 0.1) is 0 Å². The van der Waals surface area contributed by atoms with Crippen LogP contribution in [0.2, 0.25) is 0 Å². The summed E-state index contributed by atoms with van der Waals surface area (Å²) in [6.07, 6.45) is 84.1. The van der Waals surface area contributed by atoms with Crippen LogP contribution >= 0.6 is 0 Å². The lowest BCUT2D eigenvalue weighted by molar-refractivity contribution is -0.167.